The summed E-state index contributed by atoms with van der Waals surface area (Å²) >= 11 is 0. The second kappa shape index (κ2) is 10.4. The normalized spacial score (nSPS) is 11.6. The summed E-state index contributed by atoms with van der Waals surface area (Å²) < 4.78 is 17.1. The maximum atomic E-state index is 10.6. The molecule has 0 bridgehead atoms. The van der Waals surface area contributed by atoms with Crippen LogP contribution in [0.5, 0.6) is 0 Å². The number of hydrogen-bond acceptors (Lipinski definition) is 5. The first kappa shape index (κ1) is 17.5. The van der Waals surface area contributed by atoms with E-state index in [4.69, 9.17) is 18.1 Å². The number of carbonyl (C=O) groups is 1. The van der Waals surface area contributed by atoms with Crippen molar-refractivity contribution in [2.75, 3.05) is 26.4 Å². The summed E-state index contributed by atoms with van der Waals surface area (Å²) in [6.45, 7) is 9.30. The standard InChI is InChI=1S/C11H25NO5Si/c1-5-15-18(16-6-2,17-7-3)10-8-9-14-12-11(4)13/h5-10H2,1-4H3,(H,12,13). The first-order chi connectivity index (χ1) is 8.60. The molecule has 0 rings (SSSR count). The van der Waals surface area contributed by atoms with Gasteiger partial charge in [0.2, 0.25) is 5.91 Å². The molecule has 0 saturated carbocycles. The van der Waals surface area contributed by atoms with Crippen molar-refractivity contribution >= 4 is 14.7 Å². The number of hydroxylamine groups is 1. The molecule has 0 aromatic carbocycles. The molecule has 0 aliphatic heterocycles. The van der Waals surface area contributed by atoms with Crippen LogP contribution < -0.4 is 5.48 Å². The van der Waals surface area contributed by atoms with Gasteiger partial charge < -0.3 is 13.3 Å². The Labute approximate surface area is 110 Å². The van der Waals surface area contributed by atoms with Gasteiger partial charge in [-0.1, -0.05) is 0 Å². The van der Waals surface area contributed by atoms with Crippen LogP contribution in [0.2, 0.25) is 6.04 Å². The zero-order valence-corrected chi connectivity index (χ0v) is 12.8. The van der Waals surface area contributed by atoms with E-state index in [9.17, 15) is 4.79 Å². The number of nitrogens with one attached hydrogen (secondary N) is 1. The smallest absolute Gasteiger partial charge is 0.374 e. The summed E-state index contributed by atoms with van der Waals surface area (Å²) in [6.07, 6.45) is 0.715. The maximum Gasteiger partial charge on any atom is 0.501 e. The molecular weight excluding hydrogens is 254 g/mol. The van der Waals surface area contributed by atoms with Crippen molar-refractivity contribution in [2.45, 2.75) is 40.2 Å². The molecular formula is C11H25NO5Si. The van der Waals surface area contributed by atoms with E-state index in [1.165, 1.54) is 6.92 Å². The van der Waals surface area contributed by atoms with Crippen molar-refractivity contribution < 1.29 is 22.9 Å². The number of carbonyl (C=O) groups excluding carboxylic acids is 1. The van der Waals surface area contributed by atoms with Crippen LogP contribution in [0.4, 0.5) is 0 Å². The molecule has 0 fully saturated rings. The zero-order valence-electron chi connectivity index (χ0n) is 11.8. The molecule has 0 unspecified atom stereocenters. The molecule has 7 heteroatoms. The van der Waals surface area contributed by atoms with Crippen LogP contribution >= 0.6 is 0 Å². The van der Waals surface area contributed by atoms with E-state index >= 15 is 0 Å². The molecule has 6 nitrogen and oxygen atoms in total. The number of amides is 1. The first-order valence-electron chi connectivity index (χ1n) is 6.40. The van der Waals surface area contributed by atoms with E-state index in [1.54, 1.807) is 0 Å². The summed E-state index contributed by atoms with van der Waals surface area (Å²) in [5.41, 5.74) is 2.28. The molecule has 0 aromatic rings. The molecule has 0 aromatic heterocycles. The second-order valence-electron chi connectivity index (χ2n) is 3.59. The van der Waals surface area contributed by atoms with Gasteiger partial charge in [0, 0.05) is 32.8 Å². The Morgan fingerprint density at radius 1 is 1.06 bits per heavy atom. The minimum Gasteiger partial charge on any atom is -0.374 e. The van der Waals surface area contributed by atoms with Gasteiger partial charge in [-0.15, -0.1) is 0 Å². The van der Waals surface area contributed by atoms with Gasteiger partial charge in [0.05, 0.1) is 6.61 Å². The lowest BCUT2D eigenvalue weighted by Gasteiger charge is -2.28. The summed E-state index contributed by atoms with van der Waals surface area (Å²) in [6, 6.07) is 0.683. The van der Waals surface area contributed by atoms with E-state index in [-0.39, 0.29) is 5.91 Å². The van der Waals surface area contributed by atoms with Crippen LogP contribution in [0.25, 0.3) is 0 Å². The molecule has 108 valence electrons. The molecule has 1 N–H and O–H groups in total. The highest BCUT2D eigenvalue weighted by Crippen LogP contribution is 2.17. The fraction of sp³-hybridized carbons (Fsp3) is 0.909. The van der Waals surface area contributed by atoms with Crippen molar-refractivity contribution in [2.24, 2.45) is 0 Å². The Kier molecular flexibility index (Phi) is 10.2. The predicted octanol–water partition coefficient (Wildman–Crippen LogP) is 1.49. The molecule has 0 aliphatic rings. The van der Waals surface area contributed by atoms with Crippen LogP contribution in [0.3, 0.4) is 0 Å². The van der Waals surface area contributed by atoms with Crippen LogP contribution in [0, 0.1) is 0 Å². The average Bonchev–Trinajstić information content (AvgIpc) is 2.29. The predicted molar refractivity (Wildman–Crippen MR) is 69.8 cm³/mol. The van der Waals surface area contributed by atoms with E-state index < -0.39 is 8.80 Å². The van der Waals surface area contributed by atoms with Gasteiger partial charge in [0.15, 0.2) is 0 Å². The van der Waals surface area contributed by atoms with Crippen LogP contribution in [0.1, 0.15) is 34.1 Å². The Bertz CT molecular complexity index is 210. The summed E-state index contributed by atoms with van der Waals surface area (Å²) in [7, 11) is -2.57. The Morgan fingerprint density at radius 3 is 1.94 bits per heavy atom. The fourth-order valence-corrected chi connectivity index (χ4v) is 4.09. The summed E-state index contributed by atoms with van der Waals surface area (Å²) in [4.78, 5) is 15.6. The van der Waals surface area contributed by atoms with Gasteiger partial charge in [-0.25, -0.2) is 5.48 Å². The van der Waals surface area contributed by atoms with E-state index in [2.05, 4.69) is 5.48 Å². The third-order valence-corrected chi connectivity index (χ3v) is 5.19. The monoisotopic (exact) mass is 279 g/mol. The third-order valence-electron chi connectivity index (χ3n) is 2.04. The van der Waals surface area contributed by atoms with E-state index in [1.807, 2.05) is 20.8 Å². The van der Waals surface area contributed by atoms with Crippen molar-refractivity contribution in [1.82, 2.24) is 5.48 Å². The first-order valence-corrected chi connectivity index (χ1v) is 8.33. The SMILES string of the molecule is CCO[Si](CCCONC(C)=O)(OCC)OCC. The molecule has 0 radical (unpaired) electrons. The Hall–Kier alpha value is -0.473. The molecule has 0 atom stereocenters. The van der Waals surface area contributed by atoms with Gasteiger partial charge in [-0.3, -0.25) is 9.63 Å². The highest BCUT2D eigenvalue weighted by molar-refractivity contribution is 6.60. The lowest BCUT2D eigenvalue weighted by Crippen LogP contribution is -2.46. The molecule has 0 saturated heterocycles. The van der Waals surface area contributed by atoms with E-state index in [0.717, 1.165) is 0 Å². The zero-order chi connectivity index (χ0) is 13.9. The van der Waals surface area contributed by atoms with Gasteiger partial charge >= 0.3 is 8.80 Å². The van der Waals surface area contributed by atoms with Crippen LogP contribution in [0.15, 0.2) is 0 Å². The quantitative estimate of drug-likeness (QED) is 0.353. The van der Waals surface area contributed by atoms with Gasteiger partial charge in [0.25, 0.3) is 0 Å². The lowest BCUT2D eigenvalue weighted by molar-refractivity contribution is -0.131. The van der Waals surface area contributed by atoms with Crippen molar-refractivity contribution in [3.05, 3.63) is 0 Å². The minimum absolute atomic E-state index is 0.210. The van der Waals surface area contributed by atoms with Crippen LogP contribution in [-0.2, 0) is 22.9 Å². The largest absolute Gasteiger partial charge is 0.501 e. The Morgan fingerprint density at radius 2 is 1.56 bits per heavy atom. The number of rotatable bonds is 11. The molecule has 0 spiro atoms. The molecule has 0 heterocycles. The molecule has 1 amide bonds. The fourth-order valence-electron chi connectivity index (χ4n) is 1.51. The van der Waals surface area contributed by atoms with Gasteiger partial charge in [-0.2, -0.15) is 0 Å². The molecule has 18 heavy (non-hydrogen) atoms. The Balaban J connectivity index is 4.08. The van der Waals surface area contributed by atoms with Crippen molar-refractivity contribution in [3.8, 4) is 0 Å². The maximum absolute atomic E-state index is 10.6. The highest BCUT2D eigenvalue weighted by atomic mass is 28.4. The van der Waals surface area contributed by atoms with Gasteiger partial charge in [-0.05, 0) is 27.2 Å². The highest BCUT2D eigenvalue weighted by Gasteiger charge is 2.39. The van der Waals surface area contributed by atoms with Crippen molar-refractivity contribution in [3.63, 3.8) is 0 Å². The molecule has 0 aliphatic carbocycles. The summed E-state index contributed by atoms with van der Waals surface area (Å²) in [5, 5.41) is 0. The minimum atomic E-state index is -2.57. The average molecular weight is 279 g/mol. The summed E-state index contributed by atoms with van der Waals surface area (Å²) in [5.74, 6) is -0.210. The van der Waals surface area contributed by atoms with Crippen molar-refractivity contribution in [1.29, 1.82) is 0 Å². The second-order valence-corrected chi connectivity index (χ2v) is 6.32. The number of hydrogen-bond donors (Lipinski definition) is 1. The lowest BCUT2D eigenvalue weighted by atomic mass is 10.5. The third kappa shape index (κ3) is 7.78. The van der Waals surface area contributed by atoms with Crippen LogP contribution in [-0.4, -0.2) is 41.1 Å². The van der Waals surface area contributed by atoms with E-state index in [0.29, 0.717) is 38.9 Å². The topological polar surface area (TPSA) is 66.0 Å². The van der Waals surface area contributed by atoms with Gasteiger partial charge in [0.1, 0.15) is 0 Å².